The molecule has 0 saturated carbocycles. The van der Waals surface area contributed by atoms with Crippen molar-refractivity contribution in [3.8, 4) is 0 Å². The van der Waals surface area contributed by atoms with Crippen LogP contribution in [-0.4, -0.2) is 42.9 Å². The van der Waals surface area contributed by atoms with Gasteiger partial charge in [-0.2, -0.15) is 0 Å². The lowest BCUT2D eigenvalue weighted by atomic mass is 10.0. The Bertz CT molecular complexity index is 353. The van der Waals surface area contributed by atoms with Gasteiger partial charge in [0.05, 0.1) is 12.6 Å². The Morgan fingerprint density at radius 1 is 1.37 bits per heavy atom. The minimum absolute atomic E-state index is 0.175. The van der Waals surface area contributed by atoms with Gasteiger partial charge in [0.2, 0.25) is 17.7 Å². The molecule has 0 radical (unpaired) electrons. The second-order valence-corrected chi connectivity index (χ2v) is 5.17. The third-order valence-corrected chi connectivity index (χ3v) is 2.92. The summed E-state index contributed by atoms with van der Waals surface area (Å²) in [6.45, 7) is 4.52. The fourth-order valence-corrected chi connectivity index (χ4v) is 1.79. The molecule has 0 bridgehead atoms. The molecule has 1 saturated heterocycles. The van der Waals surface area contributed by atoms with Crippen LogP contribution in [0.5, 0.6) is 0 Å². The summed E-state index contributed by atoms with van der Waals surface area (Å²) in [4.78, 5) is 34.4. The van der Waals surface area contributed by atoms with Crippen LogP contribution in [0.2, 0.25) is 0 Å². The summed E-state index contributed by atoms with van der Waals surface area (Å²) in [5.74, 6) is -0.908. The van der Waals surface area contributed by atoms with Gasteiger partial charge in [-0.3, -0.25) is 14.4 Å². The molecule has 1 rings (SSSR count). The van der Waals surface area contributed by atoms with Gasteiger partial charge in [-0.25, -0.2) is 0 Å². The molecule has 3 amide bonds. The highest BCUT2D eigenvalue weighted by molar-refractivity contribution is 5.91. The van der Waals surface area contributed by atoms with Gasteiger partial charge in [0.1, 0.15) is 6.04 Å². The first kappa shape index (κ1) is 15.4. The molecule has 5 N–H and O–H groups in total. The van der Waals surface area contributed by atoms with Gasteiger partial charge >= 0.3 is 0 Å². The Kier molecular flexibility index (Phi) is 5.75. The van der Waals surface area contributed by atoms with E-state index in [0.29, 0.717) is 6.42 Å². The lowest BCUT2D eigenvalue weighted by Gasteiger charge is -2.29. The molecule has 19 heavy (non-hydrogen) atoms. The lowest BCUT2D eigenvalue weighted by Crippen LogP contribution is -2.58. The Hall–Kier alpha value is -1.63. The number of carbonyl (C=O) groups is 3. The minimum atomic E-state index is -0.630. The van der Waals surface area contributed by atoms with E-state index in [2.05, 4.69) is 16.0 Å². The molecular formula is C12H22N4O3. The first-order valence-electron chi connectivity index (χ1n) is 6.50. The fraction of sp³-hybridized carbons (Fsp3) is 0.750. The quantitative estimate of drug-likeness (QED) is 0.450. The topological polar surface area (TPSA) is 113 Å². The van der Waals surface area contributed by atoms with E-state index < -0.39 is 11.9 Å². The molecule has 0 aromatic carbocycles. The van der Waals surface area contributed by atoms with Crippen LogP contribution in [0, 0.1) is 5.92 Å². The maximum absolute atomic E-state index is 11.9. The molecule has 7 nitrogen and oxygen atoms in total. The van der Waals surface area contributed by atoms with Crippen LogP contribution in [0.3, 0.4) is 0 Å². The third kappa shape index (κ3) is 5.25. The fourth-order valence-electron chi connectivity index (χ4n) is 1.79. The van der Waals surface area contributed by atoms with Gasteiger partial charge in [-0.15, -0.1) is 0 Å². The predicted octanol–water partition coefficient (Wildman–Crippen LogP) is -1.52. The molecule has 2 atom stereocenters. The van der Waals surface area contributed by atoms with E-state index in [1.165, 1.54) is 0 Å². The van der Waals surface area contributed by atoms with Gasteiger partial charge in [-0.05, 0) is 25.3 Å². The number of primary amides is 1. The van der Waals surface area contributed by atoms with E-state index in [0.717, 1.165) is 13.0 Å². The van der Waals surface area contributed by atoms with Gasteiger partial charge in [-0.1, -0.05) is 13.8 Å². The molecule has 0 aromatic rings. The monoisotopic (exact) mass is 270 g/mol. The van der Waals surface area contributed by atoms with Crippen molar-refractivity contribution >= 4 is 17.7 Å². The molecule has 1 heterocycles. The number of rotatable bonds is 7. The highest BCUT2D eigenvalue weighted by Crippen LogP contribution is 2.07. The first-order valence-corrected chi connectivity index (χ1v) is 6.50. The summed E-state index contributed by atoms with van der Waals surface area (Å²) in [5, 5.41) is 8.10. The van der Waals surface area contributed by atoms with Crippen LogP contribution in [0.4, 0.5) is 0 Å². The van der Waals surface area contributed by atoms with Crippen molar-refractivity contribution in [3.63, 3.8) is 0 Å². The maximum atomic E-state index is 11.9. The zero-order valence-electron chi connectivity index (χ0n) is 11.4. The van der Waals surface area contributed by atoms with E-state index in [-0.39, 0.29) is 30.3 Å². The Morgan fingerprint density at radius 2 is 2.00 bits per heavy atom. The third-order valence-electron chi connectivity index (χ3n) is 2.92. The van der Waals surface area contributed by atoms with Crippen molar-refractivity contribution < 1.29 is 14.4 Å². The summed E-state index contributed by atoms with van der Waals surface area (Å²) in [6.07, 6.45) is 1.30. The summed E-state index contributed by atoms with van der Waals surface area (Å²) in [7, 11) is 0. The Labute approximate surface area is 112 Å². The van der Waals surface area contributed by atoms with E-state index in [4.69, 9.17) is 5.73 Å². The predicted molar refractivity (Wildman–Crippen MR) is 70.0 cm³/mol. The zero-order chi connectivity index (χ0) is 14.4. The van der Waals surface area contributed by atoms with Crippen molar-refractivity contribution in [3.05, 3.63) is 0 Å². The largest absolute Gasteiger partial charge is 0.368 e. The van der Waals surface area contributed by atoms with E-state index in [1.807, 2.05) is 13.8 Å². The zero-order valence-corrected chi connectivity index (χ0v) is 11.4. The number of nitrogens with one attached hydrogen (secondary N) is 3. The number of hydrogen-bond donors (Lipinski definition) is 4. The van der Waals surface area contributed by atoms with Gasteiger partial charge in [0.15, 0.2) is 0 Å². The highest BCUT2D eigenvalue weighted by atomic mass is 16.2. The van der Waals surface area contributed by atoms with E-state index in [9.17, 15) is 14.4 Å². The first-order chi connectivity index (χ1) is 8.90. The summed E-state index contributed by atoms with van der Waals surface area (Å²) >= 11 is 0. The number of carbonyl (C=O) groups excluding carboxylic acids is 3. The second kappa shape index (κ2) is 7.08. The molecule has 1 aliphatic heterocycles. The highest BCUT2D eigenvalue weighted by Gasteiger charge is 2.29. The Balaban J connectivity index is 2.51. The molecule has 0 aliphatic carbocycles. The molecular weight excluding hydrogens is 248 g/mol. The number of amides is 3. The van der Waals surface area contributed by atoms with Crippen molar-refractivity contribution in [1.29, 1.82) is 0 Å². The van der Waals surface area contributed by atoms with E-state index >= 15 is 0 Å². The van der Waals surface area contributed by atoms with E-state index in [1.54, 1.807) is 0 Å². The Morgan fingerprint density at radius 3 is 2.42 bits per heavy atom. The summed E-state index contributed by atoms with van der Waals surface area (Å²) in [5.41, 5.74) is 4.97. The molecule has 0 unspecified atom stereocenters. The average Bonchev–Trinajstić information content (AvgIpc) is 2.21. The van der Waals surface area contributed by atoms with Crippen molar-refractivity contribution in [1.82, 2.24) is 16.0 Å². The molecule has 1 fully saturated rings. The SMILES string of the molecule is CC(C)C[C@H](NC(=O)[C@H]1CCN1)C(=O)NCC(N)=O. The van der Waals surface area contributed by atoms with Crippen LogP contribution in [0.25, 0.3) is 0 Å². The van der Waals surface area contributed by atoms with Crippen LogP contribution in [0.1, 0.15) is 26.7 Å². The van der Waals surface area contributed by atoms with Gasteiger partial charge in [0, 0.05) is 0 Å². The van der Waals surface area contributed by atoms with Crippen molar-refractivity contribution in [2.75, 3.05) is 13.1 Å². The molecule has 7 heteroatoms. The van der Waals surface area contributed by atoms with Crippen LogP contribution in [0.15, 0.2) is 0 Å². The minimum Gasteiger partial charge on any atom is -0.368 e. The normalized spacial score (nSPS) is 19.4. The molecule has 108 valence electrons. The second-order valence-electron chi connectivity index (χ2n) is 5.17. The van der Waals surface area contributed by atoms with Crippen LogP contribution < -0.4 is 21.7 Å². The van der Waals surface area contributed by atoms with Crippen LogP contribution >= 0.6 is 0 Å². The summed E-state index contributed by atoms with van der Waals surface area (Å²) in [6, 6.07) is -0.840. The smallest absolute Gasteiger partial charge is 0.243 e. The van der Waals surface area contributed by atoms with Crippen molar-refractivity contribution in [2.45, 2.75) is 38.8 Å². The maximum Gasteiger partial charge on any atom is 0.243 e. The van der Waals surface area contributed by atoms with Crippen LogP contribution in [-0.2, 0) is 14.4 Å². The number of nitrogens with two attached hydrogens (primary N) is 1. The number of hydrogen-bond acceptors (Lipinski definition) is 4. The lowest BCUT2D eigenvalue weighted by molar-refractivity contribution is -0.131. The molecule has 0 spiro atoms. The molecule has 0 aromatic heterocycles. The summed E-state index contributed by atoms with van der Waals surface area (Å²) < 4.78 is 0. The average molecular weight is 270 g/mol. The van der Waals surface area contributed by atoms with Gasteiger partial charge < -0.3 is 21.7 Å². The van der Waals surface area contributed by atoms with Gasteiger partial charge in [0.25, 0.3) is 0 Å². The molecule has 1 aliphatic rings. The van der Waals surface area contributed by atoms with Crippen molar-refractivity contribution in [2.24, 2.45) is 11.7 Å². The standard InChI is InChI=1S/C12H22N4O3/c1-7(2)5-9(11(18)15-6-10(13)17)16-12(19)8-3-4-14-8/h7-9,14H,3-6H2,1-2H3,(H2,13,17)(H,15,18)(H,16,19)/t8-,9+/m1/s1.